The second kappa shape index (κ2) is 11.7. The number of nitrogens with one attached hydrogen (secondary N) is 2. The minimum absolute atomic E-state index is 0.0546. The van der Waals surface area contributed by atoms with E-state index in [0.717, 1.165) is 16.7 Å². The Morgan fingerprint density at radius 2 is 1.79 bits per heavy atom. The number of methoxy groups -OCH3 is 1. The van der Waals surface area contributed by atoms with E-state index in [1.54, 1.807) is 25.3 Å². The lowest BCUT2D eigenvalue weighted by Gasteiger charge is -2.23. The van der Waals surface area contributed by atoms with Crippen LogP contribution in [0.15, 0.2) is 74.5 Å². The molecule has 6 nitrogen and oxygen atoms in total. The number of ether oxygens (including phenoxy) is 1. The quantitative estimate of drug-likeness (QED) is 0.315. The molecule has 0 aliphatic rings. The third-order valence-corrected chi connectivity index (χ3v) is 8.43. The fraction of sp³-hybridized carbons (Fsp3) is 0.208. The summed E-state index contributed by atoms with van der Waals surface area (Å²) in [6.07, 6.45) is -0.0546. The molecule has 180 valence electrons. The molecule has 0 saturated heterocycles. The Labute approximate surface area is 221 Å². The highest BCUT2D eigenvalue weighted by atomic mass is 79.9. The summed E-state index contributed by atoms with van der Waals surface area (Å²) in [5.74, 6) is 0.384. The van der Waals surface area contributed by atoms with Gasteiger partial charge in [0, 0.05) is 26.9 Å². The van der Waals surface area contributed by atoms with Crippen LogP contribution in [0.3, 0.4) is 0 Å². The highest BCUT2D eigenvalue weighted by molar-refractivity contribution is 9.11. The number of hydrogen-bond acceptors (Lipinski definition) is 4. The van der Waals surface area contributed by atoms with E-state index in [4.69, 9.17) is 16.3 Å². The van der Waals surface area contributed by atoms with Crippen LogP contribution < -0.4 is 14.8 Å². The van der Waals surface area contributed by atoms with Crippen molar-refractivity contribution in [1.82, 2.24) is 10.0 Å². The van der Waals surface area contributed by atoms with E-state index < -0.39 is 16.1 Å². The van der Waals surface area contributed by atoms with E-state index in [1.165, 1.54) is 6.07 Å². The van der Waals surface area contributed by atoms with Gasteiger partial charge in [0.2, 0.25) is 15.9 Å². The topological polar surface area (TPSA) is 84.5 Å². The molecule has 10 heteroatoms. The van der Waals surface area contributed by atoms with Gasteiger partial charge >= 0.3 is 0 Å². The second-order valence-electron chi connectivity index (χ2n) is 7.47. The van der Waals surface area contributed by atoms with Crippen molar-refractivity contribution in [2.24, 2.45) is 0 Å². The molecule has 3 aromatic carbocycles. The monoisotopic (exact) mass is 628 g/mol. The molecule has 0 spiro atoms. The van der Waals surface area contributed by atoms with Crippen LogP contribution >= 0.6 is 43.5 Å². The highest BCUT2D eigenvalue weighted by Gasteiger charge is 2.22. The summed E-state index contributed by atoms with van der Waals surface area (Å²) in [6.45, 7) is 1.86. The Bertz CT molecular complexity index is 1300. The summed E-state index contributed by atoms with van der Waals surface area (Å²) in [7, 11) is -2.21. The molecule has 0 heterocycles. The van der Waals surface area contributed by atoms with Crippen LogP contribution in [-0.4, -0.2) is 28.0 Å². The van der Waals surface area contributed by atoms with Crippen molar-refractivity contribution in [2.45, 2.75) is 24.3 Å². The van der Waals surface area contributed by atoms with Crippen molar-refractivity contribution in [1.29, 1.82) is 0 Å². The molecular weight excluding hydrogens is 608 g/mol. The number of carbonyl (C=O) groups is 1. The van der Waals surface area contributed by atoms with Gasteiger partial charge < -0.3 is 10.1 Å². The van der Waals surface area contributed by atoms with Gasteiger partial charge in [-0.2, -0.15) is 0 Å². The lowest BCUT2D eigenvalue weighted by Crippen LogP contribution is -2.34. The molecule has 3 aromatic rings. The summed E-state index contributed by atoms with van der Waals surface area (Å²) in [5.41, 5.74) is 2.52. The molecule has 1 atom stereocenters. The molecular formula is C24H23Br2ClN2O4S. The fourth-order valence-electron chi connectivity index (χ4n) is 3.42. The number of rotatable bonds is 9. The molecule has 3 rings (SSSR count). The molecule has 0 fully saturated rings. The standard InChI is InChI=1S/C24H23Br2ClN2O4S/c1-15-13-17(33-2)8-9-18(15)24(19-5-3-4-6-21(19)27)29-23(30)11-12-28-34(31,32)22-14-16(25)7-10-20(22)26/h3-10,13-14,24,28H,11-12H2,1-2H3,(H,29,30). The first-order valence-corrected chi connectivity index (χ1v) is 13.7. The van der Waals surface area contributed by atoms with Crippen molar-refractivity contribution < 1.29 is 17.9 Å². The van der Waals surface area contributed by atoms with Crippen molar-refractivity contribution >= 4 is 59.4 Å². The van der Waals surface area contributed by atoms with Gasteiger partial charge in [-0.25, -0.2) is 13.1 Å². The van der Waals surface area contributed by atoms with Gasteiger partial charge in [0.25, 0.3) is 0 Å². The predicted octanol–water partition coefficient (Wildman–Crippen LogP) is 5.76. The van der Waals surface area contributed by atoms with Gasteiger partial charge in [0.05, 0.1) is 18.0 Å². The zero-order valence-corrected chi connectivity index (χ0v) is 23.2. The van der Waals surface area contributed by atoms with Crippen LogP contribution in [-0.2, 0) is 14.8 Å². The van der Waals surface area contributed by atoms with Gasteiger partial charge in [-0.3, -0.25) is 4.79 Å². The van der Waals surface area contributed by atoms with E-state index >= 15 is 0 Å². The van der Waals surface area contributed by atoms with E-state index in [-0.39, 0.29) is 23.8 Å². The molecule has 0 radical (unpaired) electrons. The largest absolute Gasteiger partial charge is 0.497 e. The van der Waals surface area contributed by atoms with Gasteiger partial charge in [-0.05, 0) is 75.9 Å². The normalized spacial score (nSPS) is 12.3. The second-order valence-corrected chi connectivity index (χ2v) is 11.4. The van der Waals surface area contributed by atoms with Crippen LogP contribution in [0.25, 0.3) is 0 Å². The maximum atomic E-state index is 12.9. The molecule has 2 N–H and O–H groups in total. The Morgan fingerprint density at radius 1 is 1.06 bits per heavy atom. The number of hydrogen-bond donors (Lipinski definition) is 2. The Kier molecular flexibility index (Phi) is 9.17. The predicted molar refractivity (Wildman–Crippen MR) is 141 cm³/mol. The minimum atomic E-state index is -3.80. The van der Waals surface area contributed by atoms with Gasteiger partial charge in [-0.1, -0.05) is 51.8 Å². The summed E-state index contributed by atoms with van der Waals surface area (Å²) < 4.78 is 34.2. The average Bonchev–Trinajstić information content (AvgIpc) is 2.79. The smallest absolute Gasteiger partial charge is 0.241 e. The van der Waals surface area contributed by atoms with E-state index in [9.17, 15) is 13.2 Å². The number of benzene rings is 3. The van der Waals surface area contributed by atoms with Gasteiger partial charge in [-0.15, -0.1) is 0 Å². The summed E-state index contributed by atoms with van der Waals surface area (Å²) in [5, 5.41) is 3.52. The van der Waals surface area contributed by atoms with Crippen LogP contribution in [0.2, 0.25) is 5.02 Å². The fourth-order valence-corrected chi connectivity index (χ4v) is 6.20. The summed E-state index contributed by atoms with van der Waals surface area (Å²) in [6, 6.07) is 17.2. The Morgan fingerprint density at radius 3 is 2.47 bits per heavy atom. The number of amides is 1. The number of aryl methyl sites for hydroxylation is 1. The Hall–Kier alpha value is -1.91. The van der Waals surface area contributed by atoms with Gasteiger partial charge in [0.1, 0.15) is 5.75 Å². The molecule has 0 bridgehead atoms. The SMILES string of the molecule is COc1ccc(C(NC(=O)CCNS(=O)(=O)c2cc(Br)ccc2Br)c2ccccc2Cl)c(C)c1. The zero-order valence-electron chi connectivity index (χ0n) is 18.4. The maximum Gasteiger partial charge on any atom is 0.241 e. The Balaban J connectivity index is 1.76. The molecule has 34 heavy (non-hydrogen) atoms. The van der Waals surface area contributed by atoms with Crippen molar-refractivity contribution in [3.63, 3.8) is 0 Å². The summed E-state index contributed by atoms with van der Waals surface area (Å²) in [4.78, 5) is 12.9. The number of carbonyl (C=O) groups excluding carboxylic acids is 1. The summed E-state index contributed by atoms with van der Waals surface area (Å²) >= 11 is 13.0. The van der Waals surface area contributed by atoms with E-state index in [0.29, 0.717) is 19.7 Å². The van der Waals surface area contributed by atoms with Crippen LogP contribution in [0, 0.1) is 6.92 Å². The molecule has 0 aliphatic heterocycles. The molecule has 0 aliphatic carbocycles. The minimum Gasteiger partial charge on any atom is -0.497 e. The molecule has 1 unspecified atom stereocenters. The molecule has 0 saturated carbocycles. The highest BCUT2D eigenvalue weighted by Crippen LogP contribution is 2.32. The maximum absolute atomic E-state index is 12.9. The third-order valence-electron chi connectivity index (χ3n) is 5.14. The van der Waals surface area contributed by atoms with Crippen LogP contribution in [0.1, 0.15) is 29.2 Å². The zero-order chi connectivity index (χ0) is 24.9. The first-order chi connectivity index (χ1) is 16.1. The average molecular weight is 631 g/mol. The van der Waals surface area contributed by atoms with E-state index in [2.05, 4.69) is 41.9 Å². The lowest BCUT2D eigenvalue weighted by atomic mass is 9.94. The van der Waals surface area contributed by atoms with Gasteiger partial charge in [0.15, 0.2) is 0 Å². The van der Waals surface area contributed by atoms with Crippen LogP contribution in [0.4, 0.5) is 0 Å². The number of sulfonamides is 1. The first kappa shape index (κ1) is 26.7. The van der Waals surface area contributed by atoms with Crippen molar-refractivity contribution in [2.75, 3.05) is 13.7 Å². The third kappa shape index (κ3) is 6.60. The van der Waals surface area contributed by atoms with E-state index in [1.807, 2.05) is 43.3 Å². The lowest BCUT2D eigenvalue weighted by molar-refractivity contribution is -0.121. The molecule has 1 amide bonds. The number of halogens is 3. The van der Waals surface area contributed by atoms with Crippen LogP contribution in [0.5, 0.6) is 5.75 Å². The van der Waals surface area contributed by atoms with Crippen molar-refractivity contribution in [3.05, 3.63) is 91.3 Å². The molecule has 0 aromatic heterocycles. The van der Waals surface area contributed by atoms with Crippen molar-refractivity contribution in [3.8, 4) is 5.75 Å². The first-order valence-electron chi connectivity index (χ1n) is 10.3.